The molecule has 1 aliphatic heterocycles. The van der Waals surface area contributed by atoms with E-state index in [1.807, 2.05) is 77.3 Å². The first kappa shape index (κ1) is 23.6. The summed E-state index contributed by atoms with van der Waals surface area (Å²) in [7, 11) is 3.95. The van der Waals surface area contributed by atoms with Crippen LogP contribution < -0.4 is 14.5 Å². The van der Waals surface area contributed by atoms with Gasteiger partial charge in [-0.05, 0) is 36.6 Å². The van der Waals surface area contributed by atoms with Crippen molar-refractivity contribution in [2.45, 2.75) is 45.6 Å². The second kappa shape index (κ2) is 11.6. The van der Waals surface area contributed by atoms with E-state index in [0.717, 1.165) is 49.0 Å². The third-order valence-electron chi connectivity index (χ3n) is 5.88. The summed E-state index contributed by atoms with van der Waals surface area (Å²) >= 11 is 0. The van der Waals surface area contributed by atoms with E-state index in [4.69, 9.17) is 4.74 Å². The zero-order valence-electron chi connectivity index (χ0n) is 19.5. The van der Waals surface area contributed by atoms with Gasteiger partial charge >= 0.3 is 0 Å². The van der Waals surface area contributed by atoms with Crippen LogP contribution in [0.3, 0.4) is 0 Å². The van der Waals surface area contributed by atoms with Crippen molar-refractivity contribution in [2.75, 3.05) is 43.6 Å². The quantitative estimate of drug-likeness (QED) is 0.708. The molecule has 2 aromatic rings. The lowest BCUT2D eigenvalue weighted by Crippen LogP contribution is -2.37. The molecular formula is C26H35N3O3. The normalized spacial score (nSPS) is 15.2. The lowest BCUT2D eigenvalue weighted by atomic mass is 10.1. The van der Waals surface area contributed by atoms with Crippen molar-refractivity contribution in [1.29, 1.82) is 0 Å². The zero-order valence-corrected chi connectivity index (χ0v) is 19.5. The maximum Gasteiger partial charge on any atom is 0.260 e. The summed E-state index contributed by atoms with van der Waals surface area (Å²) in [5.74, 6) is 0.681. The molecule has 0 atom stereocenters. The number of amides is 2. The van der Waals surface area contributed by atoms with Gasteiger partial charge in [0.15, 0.2) is 6.61 Å². The van der Waals surface area contributed by atoms with Gasteiger partial charge in [0, 0.05) is 58.1 Å². The van der Waals surface area contributed by atoms with Crippen LogP contribution in [-0.4, -0.2) is 50.5 Å². The summed E-state index contributed by atoms with van der Waals surface area (Å²) in [6.45, 7) is 3.48. The average Bonchev–Trinajstić information content (AvgIpc) is 2.78. The van der Waals surface area contributed by atoms with E-state index in [1.165, 1.54) is 0 Å². The molecule has 6 heteroatoms. The second-order valence-corrected chi connectivity index (χ2v) is 8.56. The molecule has 1 heterocycles. The van der Waals surface area contributed by atoms with E-state index in [2.05, 4.69) is 0 Å². The van der Waals surface area contributed by atoms with E-state index in [-0.39, 0.29) is 18.4 Å². The van der Waals surface area contributed by atoms with Crippen molar-refractivity contribution in [2.24, 2.45) is 0 Å². The van der Waals surface area contributed by atoms with Crippen molar-refractivity contribution in [3.05, 3.63) is 54.1 Å². The number of fused-ring (bicyclic) bond motifs is 1. The summed E-state index contributed by atoms with van der Waals surface area (Å²) < 4.78 is 5.85. The molecule has 0 fully saturated rings. The maximum atomic E-state index is 13.1. The SMILES string of the molecule is CC(=O)N1CCCCCCCN(C(=O)COc2cccc(N(C)C)c2)Cc2ccccc21. The maximum absolute atomic E-state index is 13.1. The third-order valence-corrected chi connectivity index (χ3v) is 5.88. The fourth-order valence-corrected chi connectivity index (χ4v) is 4.04. The largest absolute Gasteiger partial charge is 0.484 e. The van der Waals surface area contributed by atoms with Crippen molar-refractivity contribution >= 4 is 23.2 Å². The molecule has 0 saturated heterocycles. The van der Waals surface area contributed by atoms with Crippen molar-refractivity contribution in [1.82, 2.24) is 4.90 Å². The number of hydrogen-bond donors (Lipinski definition) is 0. The Bertz CT molecular complexity index is 913. The number of carbonyl (C=O) groups is 2. The standard InChI is InChI=1S/C26H35N3O3/c1-21(30)29-17-10-6-4-5-9-16-28(19-22-12-7-8-15-25(22)29)26(31)20-32-24-14-11-13-23(18-24)27(2)3/h7-8,11-15,18H,4-6,9-10,16-17,19-20H2,1-3H3. The molecule has 0 aromatic heterocycles. The van der Waals surface area contributed by atoms with Crippen LogP contribution in [0.2, 0.25) is 0 Å². The van der Waals surface area contributed by atoms with Gasteiger partial charge in [0.05, 0.1) is 0 Å². The Labute approximate surface area is 191 Å². The predicted molar refractivity (Wildman–Crippen MR) is 129 cm³/mol. The van der Waals surface area contributed by atoms with E-state index in [0.29, 0.717) is 25.4 Å². The van der Waals surface area contributed by atoms with Crippen LogP contribution in [0.5, 0.6) is 5.75 Å². The number of carbonyl (C=O) groups excluding carboxylic acids is 2. The molecule has 0 spiro atoms. The number of anilines is 2. The van der Waals surface area contributed by atoms with Crippen LogP contribution in [0.25, 0.3) is 0 Å². The fourth-order valence-electron chi connectivity index (χ4n) is 4.04. The van der Waals surface area contributed by atoms with Crippen LogP contribution >= 0.6 is 0 Å². The molecule has 0 radical (unpaired) electrons. The lowest BCUT2D eigenvalue weighted by Gasteiger charge is -2.29. The highest BCUT2D eigenvalue weighted by Crippen LogP contribution is 2.25. The predicted octanol–water partition coefficient (Wildman–Crippen LogP) is 4.48. The van der Waals surface area contributed by atoms with Gasteiger partial charge in [-0.3, -0.25) is 9.59 Å². The first-order chi connectivity index (χ1) is 15.5. The Kier molecular flexibility index (Phi) is 8.54. The molecule has 0 unspecified atom stereocenters. The number of rotatable bonds is 4. The highest BCUT2D eigenvalue weighted by atomic mass is 16.5. The summed E-state index contributed by atoms with van der Waals surface area (Å²) in [6, 6.07) is 15.6. The molecule has 0 aliphatic carbocycles. The molecule has 0 saturated carbocycles. The average molecular weight is 438 g/mol. The summed E-state index contributed by atoms with van der Waals surface area (Å²) in [6.07, 6.45) is 5.25. The Morgan fingerprint density at radius 3 is 2.41 bits per heavy atom. The highest BCUT2D eigenvalue weighted by molar-refractivity contribution is 5.92. The minimum absolute atomic E-state index is 0.00449. The van der Waals surface area contributed by atoms with Gasteiger partial charge in [-0.1, -0.05) is 43.5 Å². The Balaban J connectivity index is 1.77. The van der Waals surface area contributed by atoms with Gasteiger partial charge in [0.2, 0.25) is 5.91 Å². The Hall–Kier alpha value is -3.02. The summed E-state index contributed by atoms with van der Waals surface area (Å²) in [5, 5.41) is 0. The lowest BCUT2D eigenvalue weighted by molar-refractivity contribution is -0.134. The smallest absolute Gasteiger partial charge is 0.260 e. The monoisotopic (exact) mass is 437 g/mol. The number of benzene rings is 2. The molecule has 1 aliphatic rings. The minimum atomic E-state index is -0.0403. The molecule has 172 valence electrons. The molecule has 2 aromatic carbocycles. The molecule has 0 bridgehead atoms. The van der Waals surface area contributed by atoms with Crippen LogP contribution in [0, 0.1) is 0 Å². The number of hydrogen-bond acceptors (Lipinski definition) is 4. The summed E-state index contributed by atoms with van der Waals surface area (Å²) in [5.41, 5.74) is 2.92. The van der Waals surface area contributed by atoms with Crippen LogP contribution in [0.15, 0.2) is 48.5 Å². The van der Waals surface area contributed by atoms with E-state index >= 15 is 0 Å². The Morgan fingerprint density at radius 2 is 1.66 bits per heavy atom. The fraction of sp³-hybridized carbons (Fsp3) is 0.462. The third kappa shape index (κ3) is 6.49. The number of para-hydroxylation sites is 1. The minimum Gasteiger partial charge on any atom is -0.484 e. The topological polar surface area (TPSA) is 53.1 Å². The van der Waals surface area contributed by atoms with Crippen LogP contribution in [0.1, 0.15) is 44.6 Å². The molecule has 2 amide bonds. The highest BCUT2D eigenvalue weighted by Gasteiger charge is 2.20. The molecule has 3 rings (SSSR count). The first-order valence-electron chi connectivity index (χ1n) is 11.5. The van der Waals surface area contributed by atoms with E-state index < -0.39 is 0 Å². The van der Waals surface area contributed by atoms with Gasteiger partial charge in [-0.15, -0.1) is 0 Å². The molecular weight excluding hydrogens is 402 g/mol. The zero-order chi connectivity index (χ0) is 22.9. The number of nitrogens with zero attached hydrogens (tertiary/aromatic N) is 3. The van der Waals surface area contributed by atoms with Crippen molar-refractivity contribution in [3.63, 3.8) is 0 Å². The second-order valence-electron chi connectivity index (χ2n) is 8.56. The number of ether oxygens (including phenoxy) is 1. The van der Waals surface area contributed by atoms with Gasteiger partial charge in [0.1, 0.15) is 5.75 Å². The molecule has 32 heavy (non-hydrogen) atoms. The van der Waals surface area contributed by atoms with Crippen LogP contribution in [0.4, 0.5) is 11.4 Å². The Morgan fingerprint density at radius 1 is 0.938 bits per heavy atom. The molecule has 0 N–H and O–H groups in total. The van der Waals surface area contributed by atoms with E-state index in [1.54, 1.807) is 6.92 Å². The van der Waals surface area contributed by atoms with Gasteiger partial charge in [-0.2, -0.15) is 0 Å². The van der Waals surface area contributed by atoms with Gasteiger partial charge < -0.3 is 19.4 Å². The van der Waals surface area contributed by atoms with Gasteiger partial charge in [-0.25, -0.2) is 0 Å². The van der Waals surface area contributed by atoms with Crippen molar-refractivity contribution in [3.8, 4) is 5.75 Å². The molecule has 6 nitrogen and oxygen atoms in total. The van der Waals surface area contributed by atoms with E-state index in [9.17, 15) is 9.59 Å². The first-order valence-corrected chi connectivity index (χ1v) is 11.5. The van der Waals surface area contributed by atoms with Crippen LogP contribution in [-0.2, 0) is 16.1 Å². The summed E-state index contributed by atoms with van der Waals surface area (Å²) in [4.78, 5) is 31.2. The van der Waals surface area contributed by atoms with Gasteiger partial charge in [0.25, 0.3) is 5.91 Å². The van der Waals surface area contributed by atoms with Crippen molar-refractivity contribution < 1.29 is 14.3 Å².